The minimum absolute atomic E-state index is 0.331. The molecule has 1 fully saturated rings. The molecule has 1 aliphatic rings. The Morgan fingerprint density at radius 1 is 1.20 bits per heavy atom. The lowest BCUT2D eigenvalue weighted by molar-refractivity contribution is 0.0527. The maximum Gasteiger partial charge on any atom is 0.338 e. The third-order valence-electron chi connectivity index (χ3n) is 5.58. The molecule has 30 heavy (non-hydrogen) atoms. The largest absolute Gasteiger partial charge is 0.462 e. The number of likely N-dealkylation sites (N-methyl/N-ethyl adjacent to an activating group) is 1. The molecule has 0 bridgehead atoms. The number of fused-ring (bicyclic) bond motifs is 1. The van der Waals surface area contributed by atoms with Gasteiger partial charge in [0.15, 0.2) is 5.82 Å². The van der Waals surface area contributed by atoms with Gasteiger partial charge in [-0.25, -0.2) is 4.79 Å². The highest BCUT2D eigenvalue weighted by molar-refractivity contribution is 6.05. The number of carbonyl (C=O) groups excluding carboxylic acids is 1. The minimum Gasteiger partial charge on any atom is -0.462 e. The van der Waals surface area contributed by atoms with Crippen LogP contribution < -0.4 is 5.32 Å². The predicted octanol–water partition coefficient (Wildman–Crippen LogP) is 4.29. The summed E-state index contributed by atoms with van der Waals surface area (Å²) in [6.07, 6.45) is 2.29. The summed E-state index contributed by atoms with van der Waals surface area (Å²) in [5.74, 6) is 0.453. The number of rotatable bonds is 5. The van der Waals surface area contributed by atoms with E-state index in [2.05, 4.69) is 33.5 Å². The third-order valence-corrected chi connectivity index (χ3v) is 5.58. The summed E-state index contributed by atoms with van der Waals surface area (Å²) >= 11 is 0. The number of hydrogen-bond donors (Lipinski definition) is 1. The van der Waals surface area contributed by atoms with Crippen LogP contribution in [0.4, 0.5) is 5.82 Å². The average molecular weight is 405 g/mol. The van der Waals surface area contributed by atoms with Crippen molar-refractivity contribution in [1.29, 1.82) is 0 Å². The standard InChI is InChI=1S/C24H28N4O2/c1-4-30-24(29)21-14-16(2)11-12-19(21)22-18-9-5-6-10-20(18)23(27-26-22)25-17-8-7-13-28(3)15-17/h5-6,9-12,14,17H,4,7-8,13,15H2,1-3H3,(H,25,27). The lowest BCUT2D eigenvalue weighted by atomic mass is 9.98. The SMILES string of the molecule is CCOC(=O)c1cc(C)ccc1-c1nnc(NC2CCCN(C)C2)c2ccccc12. The van der Waals surface area contributed by atoms with Gasteiger partial charge in [0, 0.05) is 28.9 Å². The first-order valence-electron chi connectivity index (χ1n) is 10.6. The lowest BCUT2D eigenvalue weighted by Gasteiger charge is -2.30. The van der Waals surface area contributed by atoms with Gasteiger partial charge in [0.25, 0.3) is 0 Å². The third kappa shape index (κ3) is 4.14. The van der Waals surface area contributed by atoms with Gasteiger partial charge in [-0.15, -0.1) is 10.2 Å². The van der Waals surface area contributed by atoms with Crippen LogP contribution in [0.3, 0.4) is 0 Å². The summed E-state index contributed by atoms with van der Waals surface area (Å²) in [4.78, 5) is 14.9. The second-order valence-electron chi connectivity index (χ2n) is 7.96. The first kappa shape index (κ1) is 20.3. The zero-order valence-corrected chi connectivity index (χ0v) is 17.8. The van der Waals surface area contributed by atoms with Crippen molar-refractivity contribution in [3.05, 3.63) is 53.6 Å². The van der Waals surface area contributed by atoms with Crippen molar-refractivity contribution in [2.75, 3.05) is 32.1 Å². The summed E-state index contributed by atoms with van der Waals surface area (Å²) in [6, 6.07) is 14.2. The predicted molar refractivity (Wildman–Crippen MR) is 120 cm³/mol. The zero-order valence-electron chi connectivity index (χ0n) is 17.8. The summed E-state index contributed by atoms with van der Waals surface area (Å²) in [6.45, 7) is 6.23. The monoisotopic (exact) mass is 404 g/mol. The van der Waals surface area contributed by atoms with Gasteiger partial charge in [0.05, 0.1) is 12.2 Å². The molecule has 0 amide bonds. The number of aryl methyl sites for hydroxylation is 1. The Morgan fingerprint density at radius 2 is 2.00 bits per heavy atom. The molecule has 156 valence electrons. The van der Waals surface area contributed by atoms with Crippen LogP contribution in [0.5, 0.6) is 0 Å². The summed E-state index contributed by atoms with van der Waals surface area (Å²) in [5, 5.41) is 14.7. The molecule has 3 aromatic rings. The van der Waals surface area contributed by atoms with E-state index in [1.54, 1.807) is 0 Å². The Balaban J connectivity index is 1.78. The van der Waals surface area contributed by atoms with E-state index in [4.69, 9.17) is 4.74 Å². The maximum atomic E-state index is 12.6. The number of hydrogen-bond acceptors (Lipinski definition) is 6. The second-order valence-corrected chi connectivity index (χ2v) is 7.96. The van der Waals surface area contributed by atoms with Crippen LogP contribution >= 0.6 is 0 Å². The summed E-state index contributed by atoms with van der Waals surface area (Å²) < 4.78 is 5.29. The molecule has 0 radical (unpaired) electrons. The number of ether oxygens (including phenoxy) is 1. The highest BCUT2D eigenvalue weighted by Crippen LogP contribution is 2.33. The number of nitrogens with one attached hydrogen (secondary N) is 1. The van der Waals surface area contributed by atoms with Gasteiger partial charge in [-0.1, -0.05) is 42.0 Å². The molecule has 2 heterocycles. The van der Waals surface area contributed by atoms with E-state index in [-0.39, 0.29) is 5.97 Å². The van der Waals surface area contributed by atoms with E-state index < -0.39 is 0 Å². The van der Waals surface area contributed by atoms with E-state index in [0.29, 0.717) is 23.9 Å². The van der Waals surface area contributed by atoms with Crippen molar-refractivity contribution >= 4 is 22.6 Å². The van der Waals surface area contributed by atoms with Crippen LogP contribution in [-0.2, 0) is 4.74 Å². The molecular formula is C24H28N4O2. The Labute approximate surface area is 177 Å². The van der Waals surface area contributed by atoms with Crippen molar-refractivity contribution in [2.45, 2.75) is 32.7 Å². The summed E-state index contributed by atoms with van der Waals surface area (Å²) in [7, 11) is 2.15. The zero-order chi connectivity index (χ0) is 21.1. The minimum atomic E-state index is -0.338. The fourth-order valence-electron chi connectivity index (χ4n) is 4.13. The van der Waals surface area contributed by atoms with Gasteiger partial charge in [0.1, 0.15) is 5.69 Å². The van der Waals surface area contributed by atoms with Gasteiger partial charge in [-0.3, -0.25) is 0 Å². The van der Waals surface area contributed by atoms with Crippen LogP contribution in [0.2, 0.25) is 0 Å². The average Bonchev–Trinajstić information content (AvgIpc) is 2.74. The molecule has 1 atom stereocenters. The van der Waals surface area contributed by atoms with Crippen molar-refractivity contribution < 1.29 is 9.53 Å². The van der Waals surface area contributed by atoms with Gasteiger partial charge in [-0.2, -0.15) is 0 Å². The van der Waals surface area contributed by atoms with Crippen molar-refractivity contribution in [3.63, 3.8) is 0 Å². The van der Waals surface area contributed by atoms with Crippen LogP contribution in [-0.4, -0.2) is 53.9 Å². The molecule has 4 rings (SSSR count). The van der Waals surface area contributed by atoms with E-state index in [1.165, 1.54) is 6.42 Å². The van der Waals surface area contributed by atoms with Crippen molar-refractivity contribution in [1.82, 2.24) is 15.1 Å². The van der Waals surface area contributed by atoms with E-state index >= 15 is 0 Å². The van der Waals surface area contributed by atoms with E-state index in [1.807, 2.05) is 50.2 Å². The van der Waals surface area contributed by atoms with E-state index in [9.17, 15) is 4.79 Å². The van der Waals surface area contributed by atoms with Crippen LogP contribution in [0.1, 0.15) is 35.7 Å². The molecule has 6 nitrogen and oxygen atoms in total. The molecule has 0 aliphatic carbocycles. The molecule has 1 N–H and O–H groups in total. The smallest absolute Gasteiger partial charge is 0.338 e. The lowest BCUT2D eigenvalue weighted by Crippen LogP contribution is -2.40. The molecule has 2 aromatic carbocycles. The topological polar surface area (TPSA) is 67.3 Å². The fourth-order valence-corrected chi connectivity index (χ4v) is 4.13. The summed E-state index contributed by atoms with van der Waals surface area (Å²) in [5.41, 5.74) is 2.95. The number of anilines is 1. The number of piperidine rings is 1. The molecular weight excluding hydrogens is 376 g/mol. The highest BCUT2D eigenvalue weighted by atomic mass is 16.5. The quantitative estimate of drug-likeness (QED) is 0.640. The van der Waals surface area contributed by atoms with Crippen molar-refractivity contribution in [3.8, 4) is 11.3 Å². The number of nitrogens with zero attached hydrogens (tertiary/aromatic N) is 3. The number of carbonyl (C=O) groups is 1. The number of benzene rings is 2. The number of aromatic nitrogens is 2. The van der Waals surface area contributed by atoms with Gasteiger partial charge in [0.2, 0.25) is 0 Å². The van der Waals surface area contributed by atoms with Crippen LogP contribution in [0, 0.1) is 6.92 Å². The molecule has 1 unspecified atom stereocenters. The Bertz CT molecular complexity index is 1070. The maximum absolute atomic E-state index is 12.6. The van der Waals surface area contributed by atoms with Crippen molar-refractivity contribution in [2.24, 2.45) is 0 Å². The van der Waals surface area contributed by atoms with Gasteiger partial charge in [-0.05, 0) is 46.3 Å². The Hall–Kier alpha value is -2.99. The second kappa shape index (κ2) is 8.79. The molecule has 0 spiro atoms. The van der Waals surface area contributed by atoms with Gasteiger partial charge >= 0.3 is 5.97 Å². The highest BCUT2D eigenvalue weighted by Gasteiger charge is 2.21. The fraction of sp³-hybridized carbons (Fsp3) is 0.375. The van der Waals surface area contributed by atoms with Crippen LogP contribution in [0.15, 0.2) is 42.5 Å². The molecule has 1 aliphatic heterocycles. The Kier molecular flexibility index (Phi) is 5.95. The number of esters is 1. The van der Waals surface area contributed by atoms with Crippen LogP contribution in [0.25, 0.3) is 22.0 Å². The first-order valence-corrected chi connectivity index (χ1v) is 10.6. The van der Waals surface area contributed by atoms with Gasteiger partial charge < -0.3 is 15.0 Å². The van der Waals surface area contributed by atoms with E-state index in [0.717, 1.165) is 47.2 Å². The molecule has 1 saturated heterocycles. The number of likely N-dealkylation sites (tertiary alicyclic amines) is 1. The first-order chi connectivity index (χ1) is 14.6. The molecule has 0 saturated carbocycles. The molecule has 1 aromatic heterocycles. The Morgan fingerprint density at radius 3 is 2.77 bits per heavy atom. The molecule has 6 heteroatoms. The normalized spacial score (nSPS) is 17.1.